The largest absolute Gasteiger partial charge is 0.204 e. The van der Waals surface area contributed by atoms with Gasteiger partial charge in [0.25, 0.3) is 0 Å². The average Bonchev–Trinajstić information content (AvgIpc) is 2.13. The van der Waals surface area contributed by atoms with Crippen molar-refractivity contribution in [1.29, 1.82) is 0 Å². The van der Waals surface area contributed by atoms with Gasteiger partial charge in [0.15, 0.2) is 11.6 Å². The van der Waals surface area contributed by atoms with Gasteiger partial charge in [-0.15, -0.1) is 0 Å². The van der Waals surface area contributed by atoms with E-state index in [2.05, 4.69) is 0 Å². The summed E-state index contributed by atoms with van der Waals surface area (Å²) in [6, 6.07) is 3.95. The molecule has 2 heteroatoms. The molecule has 0 aliphatic carbocycles. The van der Waals surface area contributed by atoms with Crippen LogP contribution in [-0.2, 0) is 6.42 Å². The lowest BCUT2D eigenvalue weighted by Gasteiger charge is -1.95. The fourth-order valence-corrected chi connectivity index (χ4v) is 0.760. The molecule has 0 aliphatic heterocycles. The summed E-state index contributed by atoms with van der Waals surface area (Å²) >= 11 is 0. The zero-order chi connectivity index (χ0) is 9.56. The van der Waals surface area contributed by atoms with Crippen molar-refractivity contribution in [2.24, 2.45) is 0 Å². The van der Waals surface area contributed by atoms with Crippen LogP contribution in [0.25, 0.3) is 0 Å². The van der Waals surface area contributed by atoms with Gasteiger partial charge in [-0.25, -0.2) is 8.78 Å². The van der Waals surface area contributed by atoms with E-state index >= 15 is 0 Å². The molecule has 0 nitrogen and oxygen atoms in total. The number of halogens is 2. The van der Waals surface area contributed by atoms with Crippen molar-refractivity contribution >= 4 is 0 Å². The third-order valence-electron chi connectivity index (χ3n) is 1.39. The normalized spacial score (nSPS) is 8.75. The third kappa shape index (κ3) is 2.99. The summed E-state index contributed by atoms with van der Waals surface area (Å²) < 4.78 is 24.7. The zero-order valence-electron chi connectivity index (χ0n) is 7.70. The Labute approximate surface area is 72.2 Å². The summed E-state index contributed by atoms with van der Waals surface area (Å²) in [6.07, 6.45) is 0.733. The maximum absolute atomic E-state index is 12.4. The van der Waals surface area contributed by atoms with Gasteiger partial charge < -0.3 is 0 Å². The van der Waals surface area contributed by atoms with Gasteiger partial charge in [0, 0.05) is 0 Å². The molecule has 0 radical (unpaired) electrons. The van der Waals surface area contributed by atoms with Gasteiger partial charge >= 0.3 is 0 Å². The highest BCUT2D eigenvalue weighted by atomic mass is 19.2. The van der Waals surface area contributed by atoms with E-state index in [1.165, 1.54) is 6.07 Å². The first-order valence-corrected chi connectivity index (χ1v) is 4.18. The quantitative estimate of drug-likeness (QED) is 0.607. The third-order valence-corrected chi connectivity index (χ3v) is 1.39. The summed E-state index contributed by atoms with van der Waals surface area (Å²) in [5.41, 5.74) is 0.818. The van der Waals surface area contributed by atoms with Crippen LogP contribution in [0, 0.1) is 11.6 Å². The molecule has 0 spiro atoms. The number of rotatable bonds is 1. The van der Waals surface area contributed by atoms with E-state index in [-0.39, 0.29) is 0 Å². The standard InChI is InChI=1S/C8H8F2.C2H6/c1-2-6-3-4-7(9)8(10)5-6;1-2/h3-5H,2H2,1H3;1-2H3. The molecule has 0 amide bonds. The smallest absolute Gasteiger partial charge is 0.159 e. The monoisotopic (exact) mass is 172 g/mol. The van der Waals surface area contributed by atoms with Crippen molar-refractivity contribution < 1.29 is 8.78 Å². The van der Waals surface area contributed by atoms with Crippen LogP contribution in [0.2, 0.25) is 0 Å². The molecule has 0 fully saturated rings. The van der Waals surface area contributed by atoms with E-state index in [4.69, 9.17) is 0 Å². The van der Waals surface area contributed by atoms with Crippen molar-refractivity contribution in [1.82, 2.24) is 0 Å². The highest BCUT2D eigenvalue weighted by Crippen LogP contribution is 2.08. The van der Waals surface area contributed by atoms with Crippen LogP contribution >= 0.6 is 0 Å². The topological polar surface area (TPSA) is 0 Å². The fourth-order valence-electron chi connectivity index (χ4n) is 0.760. The molecule has 1 aromatic carbocycles. The van der Waals surface area contributed by atoms with Gasteiger partial charge in [-0.05, 0) is 24.1 Å². The first kappa shape index (κ1) is 11.1. The molecule has 0 heterocycles. The van der Waals surface area contributed by atoms with Crippen molar-refractivity contribution in [3.05, 3.63) is 35.4 Å². The van der Waals surface area contributed by atoms with Crippen molar-refractivity contribution in [3.63, 3.8) is 0 Å². The number of benzene rings is 1. The highest BCUT2D eigenvalue weighted by molar-refractivity contribution is 5.17. The first-order chi connectivity index (χ1) is 5.74. The van der Waals surface area contributed by atoms with Crippen LogP contribution in [0.1, 0.15) is 26.3 Å². The summed E-state index contributed by atoms with van der Waals surface area (Å²) in [6.45, 7) is 5.90. The van der Waals surface area contributed by atoms with Gasteiger partial charge in [-0.2, -0.15) is 0 Å². The molecule has 0 aliphatic rings. The van der Waals surface area contributed by atoms with Crippen LogP contribution in [0.4, 0.5) is 8.78 Å². The van der Waals surface area contributed by atoms with Crippen molar-refractivity contribution in [2.45, 2.75) is 27.2 Å². The zero-order valence-corrected chi connectivity index (χ0v) is 7.70. The van der Waals surface area contributed by atoms with Crippen LogP contribution in [0.15, 0.2) is 18.2 Å². The minimum atomic E-state index is -0.780. The molecule has 0 saturated carbocycles. The molecule has 0 N–H and O–H groups in total. The molecule has 0 bridgehead atoms. The molecular formula is C10H14F2. The molecular weight excluding hydrogens is 158 g/mol. The first-order valence-electron chi connectivity index (χ1n) is 4.18. The Hall–Kier alpha value is -0.920. The lowest BCUT2D eigenvalue weighted by molar-refractivity contribution is 0.507. The fraction of sp³-hybridized carbons (Fsp3) is 0.400. The maximum atomic E-state index is 12.4. The number of hydrogen-bond acceptors (Lipinski definition) is 0. The molecule has 12 heavy (non-hydrogen) atoms. The minimum Gasteiger partial charge on any atom is -0.204 e. The van der Waals surface area contributed by atoms with Gasteiger partial charge in [0.05, 0.1) is 0 Å². The lowest BCUT2D eigenvalue weighted by atomic mass is 10.2. The second-order valence-corrected chi connectivity index (χ2v) is 2.10. The van der Waals surface area contributed by atoms with Crippen molar-refractivity contribution in [2.75, 3.05) is 0 Å². The summed E-state index contributed by atoms with van der Waals surface area (Å²) in [7, 11) is 0. The van der Waals surface area contributed by atoms with Crippen molar-refractivity contribution in [3.8, 4) is 0 Å². The summed E-state index contributed by atoms with van der Waals surface area (Å²) in [5.74, 6) is -1.54. The predicted molar refractivity (Wildman–Crippen MR) is 47.1 cm³/mol. The van der Waals surface area contributed by atoms with E-state index in [0.717, 1.165) is 18.1 Å². The Balaban J connectivity index is 0.000000561. The molecule has 1 rings (SSSR count). The molecule has 0 saturated heterocycles. The Morgan fingerprint density at radius 2 is 1.67 bits per heavy atom. The van der Waals surface area contributed by atoms with Gasteiger partial charge in [0.2, 0.25) is 0 Å². The summed E-state index contributed by atoms with van der Waals surface area (Å²) in [5, 5.41) is 0. The lowest BCUT2D eigenvalue weighted by Crippen LogP contribution is -1.86. The van der Waals surface area contributed by atoms with Crippen LogP contribution in [0.5, 0.6) is 0 Å². The number of hydrogen-bond donors (Lipinski definition) is 0. The van der Waals surface area contributed by atoms with E-state index in [9.17, 15) is 8.78 Å². The molecule has 0 aromatic heterocycles. The maximum Gasteiger partial charge on any atom is 0.159 e. The molecule has 0 atom stereocenters. The van der Waals surface area contributed by atoms with Gasteiger partial charge in [-0.1, -0.05) is 26.8 Å². The second-order valence-electron chi connectivity index (χ2n) is 2.10. The van der Waals surface area contributed by atoms with Crippen LogP contribution in [0.3, 0.4) is 0 Å². The Bertz CT molecular complexity index is 231. The van der Waals surface area contributed by atoms with E-state index in [1.54, 1.807) is 6.07 Å². The minimum absolute atomic E-state index is 0.733. The summed E-state index contributed by atoms with van der Waals surface area (Å²) in [4.78, 5) is 0. The predicted octanol–water partition coefficient (Wildman–Crippen LogP) is 3.55. The molecule has 0 unspecified atom stereocenters. The highest BCUT2D eigenvalue weighted by Gasteiger charge is 1.99. The second kappa shape index (κ2) is 5.70. The average molecular weight is 172 g/mol. The van der Waals surface area contributed by atoms with E-state index < -0.39 is 11.6 Å². The Morgan fingerprint density at radius 3 is 2.08 bits per heavy atom. The van der Waals surface area contributed by atoms with Crippen LogP contribution < -0.4 is 0 Å². The Morgan fingerprint density at radius 1 is 1.08 bits per heavy atom. The van der Waals surface area contributed by atoms with E-state index in [1.807, 2.05) is 20.8 Å². The SMILES string of the molecule is CC.CCc1ccc(F)c(F)c1. The van der Waals surface area contributed by atoms with Crippen LogP contribution in [-0.4, -0.2) is 0 Å². The van der Waals surface area contributed by atoms with E-state index in [0.29, 0.717) is 0 Å². The molecule has 68 valence electrons. The van der Waals surface area contributed by atoms with Gasteiger partial charge in [0.1, 0.15) is 0 Å². The molecule has 1 aromatic rings. The Kier molecular flexibility index (Phi) is 5.26. The number of aryl methyl sites for hydroxylation is 1. The van der Waals surface area contributed by atoms with Gasteiger partial charge in [-0.3, -0.25) is 0 Å².